The third-order valence-corrected chi connectivity index (χ3v) is 4.48. The normalized spacial score (nSPS) is 11.4. The van der Waals surface area contributed by atoms with E-state index in [4.69, 9.17) is 0 Å². The quantitative estimate of drug-likeness (QED) is 0.680. The molecule has 0 aliphatic carbocycles. The van der Waals surface area contributed by atoms with Crippen molar-refractivity contribution in [1.29, 1.82) is 0 Å². The predicted molar refractivity (Wildman–Crippen MR) is 104 cm³/mol. The Morgan fingerprint density at radius 3 is 2.62 bits per heavy atom. The zero-order valence-electron chi connectivity index (χ0n) is 15.5. The van der Waals surface area contributed by atoms with Gasteiger partial charge in [-0.25, -0.2) is 4.79 Å². The summed E-state index contributed by atoms with van der Waals surface area (Å²) in [5, 5.41) is 3.33. The lowest BCUT2D eigenvalue weighted by Crippen LogP contribution is -2.29. The van der Waals surface area contributed by atoms with Crippen LogP contribution >= 0.6 is 0 Å². The Bertz CT molecular complexity index is 998. The van der Waals surface area contributed by atoms with Crippen LogP contribution in [0.5, 0.6) is 0 Å². The van der Waals surface area contributed by atoms with Crippen molar-refractivity contribution in [2.45, 2.75) is 33.2 Å². The maximum Gasteiger partial charge on any atom is 0.329 e. The Hall–Kier alpha value is -2.83. The molecule has 0 saturated heterocycles. The van der Waals surface area contributed by atoms with Gasteiger partial charge < -0.3 is 9.88 Å². The first-order chi connectivity index (χ1) is 12.5. The van der Waals surface area contributed by atoms with Crippen LogP contribution in [0, 0.1) is 5.92 Å². The minimum atomic E-state index is -0.452. The van der Waals surface area contributed by atoms with Crippen LogP contribution in [0.15, 0.2) is 39.9 Å². The molecular formula is C19H25N5O2. The Balaban J connectivity index is 1.93. The highest BCUT2D eigenvalue weighted by atomic mass is 16.2. The zero-order valence-corrected chi connectivity index (χ0v) is 15.5. The van der Waals surface area contributed by atoms with Gasteiger partial charge in [-0.2, -0.15) is 4.98 Å². The number of H-pyrrole nitrogens is 1. The van der Waals surface area contributed by atoms with Crippen molar-refractivity contribution in [2.24, 2.45) is 13.0 Å². The van der Waals surface area contributed by atoms with E-state index in [9.17, 15) is 9.59 Å². The molecule has 0 bridgehead atoms. The van der Waals surface area contributed by atoms with Gasteiger partial charge in [0.05, 0.1) is 0 Å². The number of aromatic amines is 1. The molecule has 0 fully saturated rings. The molecule has 3 aromatic rings. The fourth-order valence-electron chi connectivity index (χ4n) is 2.94. The molecule has 138 valence electrons. The van der Waals surface area contributed by atoms with Crippen LogP contribution in [0.1, 0.15) is 25.8 Å². The lowest BCUT2D eigenvalue weighted by molar-refractivity contribution is 0.524. The van der Waals surface area contributed by atoms with Crippen LogP contribution < -0.4 is 16.6 Å². The topological polar surface area (TPSA) is 84.7 Å². The molecule has 2 aromatic heterocycles. The Morgan fingerprint density at radius 1 is 1.19 bits per heavy atom. The number of rotatable bonds is 7. The van der Waals surface area contributed by atoms with Crippen molar-refractivity contribution in [2.75, 3.05) is 11.9 Å². The summed E-state index contributed by atoms with van der Waals surface area (Å²) in [6.07, 6.45) is 1.77. The number of hydrogen-bond acceptors (Lipinski definition) is 4. The van der Waals surface area contributed by atoms with E-state index in [1.54, 1.807) is 7.05 Å². The van der Waals surface area contributed by atoms with Crippen molar-refractivity contribution in [3.05, 3.63) is 56.7 Å². The number of fused-ring (bicyclic) bond motifs is 1. The van der Waals surface area contributed by atoms with Crippen LogP contribution in [0.3, 0.4) is 0 Å². The summed E-state index contributed by atoms with van der Waals surface area (Å²) in [6.45, 7) is 5.65. The van der Waals surface area contributed by atoms with E-state index in [1.165, 1.54) is 10.1 Å². The predicted octanol–water partition coefficient (Wildman–Crippen LogP) is 2.12. The van der Waals surface area contributed by atoms with Crippen molar-refractivity contribution in [3.63, 3.8) is 0 Å². The molecule has 3 rings (SSSR count). The summed E-state index contributed by atoms with van der Waals surface area (Å²) >= 11 is 0. The summed E-state index contributed by atoms with van der Waals surface area (Å²) in [4.78, 5) is 31.2. The van der Waals surface area contributed by atoms with Gasteiger partial charge in [-0.05, 0) is 24.3 Å². The molecule has 0 aliphatic rings. The first-order valence-corrected chi connectivity index (χ1v) is 8.94. The molecule has 0 saturated carbocycles. The van der Waals surface area contributed by atoms with Gasteiger partial charge in [0.15, 0.2) is 11.2 Å². The number of aryl methyl sites for hydroxylation is 2. The van der Waals surface area contributed by atoms with Crippen LogP contribution in [-0.2, 0) is 20.0 Å². The highest BCUT2D eigenvalue weighted by Crippen LogP contribution is 2.17. The molecule has 0 aliphatic heterocycles. The van der Waals surface area contributed by atoms with E-state index in [-0.39, 0.29) is 0 Å². The lowest BCUT2D eigenvalue weighted by atomic mass is 10.1. The van der Waals surface area contributed by atoms with E-state index < -0.39 is 11.2 Å². The van der Waals surface area contributed by atoms with Gasteiger partial charge >= 0.3 is 5.69 Å². The Morgan fingerprint density at radius 2 is 1.92 bits per heavy atom. The molecule has 2 N–H and O–H groups in total. The van der Waals surface area contributed by atoms with Crippen molar-refractivity contribution < 1.29 is 0 Å². The molecule has 2 heterocycles. The number of anilines is 1. The standard InChI is InChI=1S/C19H25N5O2/c1-13(2)10-12-24-15-16(23(3)19(26)22-17(15)25)21-18(24)20-11-9-14-7-5-4-6-8-14/h4-8,13H,9-12H2,1-3H3,(H,20,21)(H,22,25,26). The average molecular weight is 355 g/mol. The van der Waals surface area contributed by atoms with Crippen LogP contribution in [0.2, 0.25) is 0 Å². The van der Waals surface area contributed by atoms with E-state index in [1.807, 2.05) is 22.8 Å². The molecule has 1 aromatic carbocycles. The molecule has 0 radical (unpaired) electrons. The molecule has 0 unspecified atom stereocenters. The maximum absolute atomic E-state index is 12.4. The second kappa shape index (κ2) is 7.59. The van der Waals surface area contributed by atoms with Gasteiger partial charge in [-0.1, -0.05) is 44.2 Å². The van der Waals surface area contributed by atoms with Gasteiger partial charge in [0.25, 0.3) is 5.56 Å². The lowest BCUT2D eigenvalue weighted by Gasteiger charge is -2.12. The second-order valence-corrected chi connectivity index (χ2v) is 6.92. The highest BCUT2D eigenvalue weighted by molar-refractivity contribution is 5.74. The van der Waals surface area contributed by atoms with Crippen molar-refractivity contribution in [1.82, 2.24) is 19.1 Å². The van der Waals surface area contributed by atoms with Gasteiger partial charge in [0, 0.05) is 20.1 Å². The van der Waals surface area contributed by atoms with Gasteiger partial charge in [0.2, 0.25) is 5.95 Å². The second-order valence-electron chi connectivity index (χ2n) is 6.92. The minimum Gasteiger partial charge on any atom is -0.355 e. The SMILES string of the molecule is CC(C)CCn1c(NCCc2ccccc2)nc2c1c(=O)[nH]c(=O)n2C. The Labute approximate surface area is 151 Å². The monoisotopic (exact) mass is 355 g/mol. The van der Waals surface area contributed by atoms with Gasteiger partial charge in [0.1, 0.15) is 0 Å². The Kier molecular flexibility index (Phi) is 5.25. The summed E-state index contributed by atoms with van der Waals surface area (Å²) < 4.78 is 3.27. The highest BCUT2D eigenvalue weighted by Gasteiger charge is 2.17. The van der Waals surface area contributed by atoms with Crippen molar-refractivity contribution >= 4 is 17.1 Å². The van der Waals surface area contributed by atoms with Gasteiger partial charge in [-0.3, -0.25) is 14.3 Å². The zero-order chi connectivity index (χ0) is 18.7. The molecular weight excluding hydrogens is 330 g/mol. The third kappa shape index (κ3) is 3.71. The fourth-order valence-corrected chi connectivity index (χ4v) is 2.94. The molecule has 0 atom stereocenters. The third-order valence-electron chi connectivity index (χ3n) is 4.48. The minimum absolute atomic E-state index is 0.393. The summed E-state index contributed by atoms with van der Waals surface area (Å²) in [5.74, 6) is 1.12. The largest absolute Gasteiger partial charge is 0.355 e. The molecule has 26 heavy (non-hydrogen) atoms. The summed E-state index contributed by atoms with van der Waals surface area (Å²) in [6, 6.07) is 10.2. The number of nitrogens with one attached hydrogen (secondary N) is 2. The number of benzene rings is 1. The van der Waals surface area contributed by atoms with Crippen molar-refractivity contribution in [3.8, 4) is 0 Å². The number of hydrogen-bond donors (Lipinski definition) is 2. The van der Waals surface area contributed by atoms with E-state index in [0.29, 0.717) is 36.1 Å². The first-order valence-electron chi connectivity index (χ1n) is 8.94. The van der Waals surface area contributed by atoms with E-state index in [0.717, 1.165) is 12.8 Å². The molecule has 0 amide bonds. The van der Waals surface area contributed by atoms with E-state index in [2.05, 4.69) is 41.3 Å². The molecule has 7 nitrogen and oxygen atoms in total. The van der Waals surface area contributed by atoms with E-state index >= 15 is 0 Å². The molecule has 0 spiro atoms. The summed E-state index contributed by atoms with van der Waals surface area (Å²) in [7, 11) is 1.62. The fraction of sp³-hybridized carbons (Fsp3) is 0.421. The number of aromatic nitrogens is 4. The first kappa shape index (κ1) is 18.0. The van der Waals surface area contributed by atoms with Crippen LogP contribution in [0.4, 0.5) is 5.95 Å². The number of imidazole rings is 1. The van der Waals surface area contributed by atoms with Gasteiger partial charge in [-0.15, -0.1) is 0 Å². The average Bonchev–Trinajstić information content (AvgIpc) is 2.98. The van der Waals surface area contributed by atoms with Crippen LogP contribution in [0.25, 0.3) is 11.2 Å². The smallest absolute Gasteiger partial charge is 0.329 e. The summed E-state index contributed by atoms with van der Waals surface area (Å²) in [5.41, 5.74) is 1.23. The number of nitrogens with zero attached hydrogens (tertiary/aromatic N) is 3. The molecule has 7 heteroatoms. The maximum atomic E-state index is 12.4. The van der Waals surface area contributed by atoms with Crippen LogP contribution in [-0.4, -0.2) is 25.6 Å².